The number of allylic oxidation sites excluding steroid dienone is 1. The van der Waals surface area contributed by atoms with Gasteiger partial charge in [-0.1, -0.05) is 6.07 Å². The molecule has 0 unspecified atom stereocenters. The third-order valence-corrected chi connectivity index (χ3v) is 5.07. The van der Waals surface area contributed by atoms with Crippen molar-refractivity contribution in [1.29, 1.82) is 5.41 Å². The minimum Gasteiger partial charge on any atom is -0.483 e. The summed E-state index contributed by atoms with van der Waals surface area (Å²) in [4.78, 5) is 15.0. The molecule has 2 aliphatic rings. The first kappa shape index (κ1) is 19.4. The molecule has 0 radical (unpaired) electrons. The average Bonchev–Trinajstić information content (AvgIpc) is 3.18. The van der Waals surface area contributed by atoms with Crippen LogP contribution in [-0.4, -0.2) is 49.3 Å². The number of hydrogen-bond acceptors (Lipinski definition) is 5. The molecule has 1 aliphatic carbocycles. The van der Waals surface area contributed by atoms with Crippen molar-refractivity contribution in [3.05, 3.63) is 41.0 Å². The van der Waals surface area contributed by atoms with Crippen LogP contribution in [0.15, 0.2) is 29.7 Å². The van der Waals surface area contributed by atoms with Crippen LogP contribution in [0.1, 0.15) is 31.2 Å². The van der Waals surface area contributed by atoms with Crippen molar-refractivity contribution in [2.24, 2.45) is 0 Å². The zero-order chi connectivity index (χ0) is 19.2. The van der Waals surface area contributed by atoms with E-state index in [9.17, 15) is 9.18 Å². The molecule has 0 bridgehead atoms. The Balaban J connectivity index is 1.89. The highest BCUT2D eigenvalue weighted by molar-refractivity contribution is 6.06. The van der Waals surface area contributed by atoms with Gasteiger partial charge in [-0.3, -0.25) is 4.79 Å². The lowest BCUT2D eigenvalue weighted by Crippen LogP contribution is -2.44. The summed E-state index contributed by atoms with van der Waals surface area (Å²) >= 11 is 0. The predicted octanol–water partition coefficient (Wildman–Crippen LogP) is 2.80. The van der Waals surface area contributed by atoms with Crippen molar-refractivity contribution in [3.63, 3.8) is 0 Å². The van der Waals surface area contributed by atoms with Gasteiger partial charge in [-0.05, 0) is 50.3 Å². The molecule has 6 nitrogen and oxygen atoms in total. The van der Waals surface area contributed by atoms with Crippen molar-refractivity contribution in [3.8, 4) is 0 Å². The van der Waals surface area contributed by atoms with Crippen LogP contribution in [0.5, 0.6) is 0 Å². The van der Waals surface area contributed by atoms with E-state index in [1.54, 1.807) is 6.07 Å². The van der Waals surface area contributed by atoms with Gasteiger partial charge in [0.1, 0.15) is 11.5 Å². The summed E-state index contributed by atoms with van der Waals surface area (Å²) in [6, 6.07) is 4.29. The Hall–Kier alpha value is -2.41. The van der Waals surface area contributed by atoms with Crippen molar-refractivity contribution >= 4 is 17.8 Å². The van der Waals surface area contributed by atoms with Gasteiger partial charge in [0.05, 0.1) is 6.10 Å². The van der Waals surface area contributed by atoms with E-state index in [0.29, 0.717) is 24.5 Å². The first-order valence-electron chi connectivity index (χ1n) is 9.53. The number of carbonyl (C=O) groups is 1. The number of amides is 1. The van der Waals surface area contributed by atoms with Gasteiger partial charge in [-0.15, -0.1) is 0 Å². The molecule has 2 fully saturated rings. The summed E-state index contributed by atoms with van der Waals surface area (Å²) in [5, 5.41) is 13.9. The molecular formula is C20H27FN4O2. The van der Waals surface area contributed by atoms with Crippen molar-refractivity contribution < 1.29 is 13.9 Å². The molecule has 1 amide bonds. The molecule has 0 aromatic heterocycles. The lowest BCUT2D eigenvalue weighted by atomic mass is 10.2. The summed E-state index contributed by atoms with van der Waals surface area (Å²) in [7, 11) is 0. The van der Waals surface area contributed by atoms with Crippen LogP contribution in [-0.2, 0) is 9.53 Å². The Labute approximate surface area is 159 Å². The Morgan fingerprint density at radius 2 is 2.04 bits per heavy atom. The van der Waals surface area contributed by atoms with E-state index < -0.39 is 11.7 Å². The molecule has 3 N–H and O–H groups in total. The van der Waals surface area contributed by atoms with Crippen LogP contribution < -0.4 is 10.6 Å². The molecule has 1 aliphatic heterocycles. The van der Waals surface area contributed by atoms with E-state index in [1.807, 2.05) is 11.8 Å². The van der Waals surface area contributed by atoms with Crippen molar-refractivity contribution in [2.75, 3.05) is 31.5 Å². The average molecular weight is 374 g/mol. The van der Waals surface area contributed by atoms with E-state index in [4.69, 9.17) is 10.1 Å². The van der Waals surface area contributed by atoms with Crippen molar-refractivity contribution in [2.45, 2.75) is 38.7 Å². The number of halogens is 1. The Kier molecular flexibility index (Phi) is 6.45. The van der Waals surface area contributed by atoms with Gasteiger partial charge in [-0.25, -0.2) is 4.39 Å². The Morgan fingerprint density at radius 3 is 2.70 bits per heavy atom. The van der Waals surface area contributed by atoms with Crippen molar-refractivity contribution in [1.82, 2.24) is 10.2 Å². The van der Waals surface area contributed by atoms with E-state index in [2.05, 4.69) is 10.6 Å². The number of hydrogen-bond donors (Lipinski definition) is 3. The van der Waals surface area contributed by atoms with E-state index in [-0.39, 0.29) is 11.9 Å². The SMILES string of the molecule is Cc1ccc(F)cc1NC(=O)/C(OC1CCCC1)=C(\C=N)N1CCNCC1. The van der Waals surface area contributed by atoms with Gasteiger partial charge >= 0.3 is 0 Å². The topological polar surface area (TPSA) is 77.5 Å². The van der Waals surface area contributed by atoms with Gasteiger partial charge in [0.25, 0.3) is 5.91 Å². The molecule has 7 heteroatoms. The lowest BCUT2D eigenvalue weighted by molar-refractivity contribution is -0.117. The number of carbonyl (C=O) groups excluding carboxylic acids is 1. The minimum absolute atomic E-state index is 0.0165. The fourth-order valence-electron chi connectivity index (χ4n) is 3.52. The van der Waals surface area contributed by atoms with Crippen LogP contribution in [0.3, 0.4) is 0 Å². The molecule has 3 rings (SSSR count). The smallest absolute Gasteiger partial charge is 0.293 e. The second-order valence-corrected chi connectivity index (χ2v) is 7.03. The first-order chi connectivity index (χ1) is 13.1. The largest absolute Gasteiger partial charge is 0.483 e. The van der Waals surface area contributed by atoms with Crippen LogP contribution in [0.4, 0.5) is 10.1 Å². The highest BCUT2D eigenvalue weighted by Gasteiger charge is 2.27. The number of nitrogens with zero attached hydrogens (tertiary/aromatic N) is 1. The molecule has 1 aromatic carbocycles. The van der Waals surface area contributed by atoms with Gasteiger partial charge < -0.3 is 25.7 Å². The molecule has 1 heterocycles. The molecule has 146 valence electrons. The predicted molar refractivity (Wildman–Crippen MR) is 103 cm³/mol. The van der Waals surface area contributed by atoms with Gasteiger partial charge in [0, 0.05) is 38.1 Å². The summed E-state index contributed by atoms with van der Waals surface area (Å²) in [6.07, 6.45) is 5.14. The number of nitrogens with one attached hydrogen (secondary N) is 3. The standard InChI is InChI=1S/C20H27FN4O2/c1-14-6-7-15(21)12-17(14)24-20(26)19(27-16-4-2-3-5-16)18(13-22)25-10-8-23-9-11-25/h6-7,12-13,16,22-23H,2-5,8-11H2,1H3,(H,24,26)/b19-18-,22-13?. The van der Waals surface area contributed by atoms with Crippen LogP contribution in [0, 0.1) is 18.2 Å². The van der Waals surface area contributed by atoms with E-state index in [1.165, 1.54) is 18.3 Å². The number of benzene rings is 1. The highest BCUT2D eigenvalue weighted by Crippen LogP contribution is 2.26. The first-order valence-corrected chi connectivity index (χ1v) is 9.53. The highest BCUT2D eigenvalue weighted by atomic mass is 19.1. The number of piperazine rings is 1. The second-order valence-electron chi connectivity index (χ2n) is 7.03. The zero-order valence-corrected chi connectivity index (χ0v) is 15.7. The fraction of sp³-hybridized carbons (Fsp3) is 0.500. The zero-order valence-electron chi connectivity index (χ0n) is 15.7. The number of aryl methyl sites for hydroxylation is 1. The molecule has 1 saturated carbocycles. The quantitative estimate of drug-likeness (QED) is 0.407. The minimum atomic E-state index is -0.437. The third-order valence-electron chi connectivity index (χ3n) is 5.07. The Bertz CT molecular complexity index is 723. The summed E-state index contributed by atoms with van der Waals surface area (Å²) in [6.45, 7) is 4.80. The monoisotopic (exact) mass is 374 g/mol. The maximum Gasteiger partial charge on any atom is 0.293 e. The number of anilines is 1. The fourth-order valence-corrected chi connectivity index (χ4v) is 3.52. The van der Waals surface area contributed by atoms with Crippen LogP contribution in [0.25, 0.3) is 0 Å². The maximum atomic E-state index is 13.6. The van der Waals surface area contributed by atoms with Gasteiger partial charge in [0.2, 0.25) is 5.76 Å². The summed E-state index contributed by atoms with van der Waals surface area (Å²) < 4.78 is 19.7. The van der Waals surface area contributed by atoms with Crippen LogP contribution in [0.2, 0.25) is 0 Å². The lowest BCUT2D eigenvalue weighted by Gasteiger charge is -2.31. The van der Waals surface area contributed by atoms with Gasteiger partial charge in [0.15, 0.2) is 0 Å². The Morgan fingerprint density at radius 1 is 1.33 bits per heavy atom. The van der Waals surface area contributed by atoms with Crippen LogP contribution >= 0.6 is 0 Å². The van der Waals surface area contributed by atoms with E-state index >= 15 is 0 Å². The normalized spacial score (nSPS) is 18.8. The van der Waals surface area contributed by atoms with E-state index in [0.717, 1.165) is 44.3 Å². The van der Waals surface area contributed by atoms with Gasteiger partial charge in [-0.2, -0.15) is 0 Å². The molecule has 27 heavy (non-hydrogen) atoms. The second kappa shape index (κ2) is 8.99. The number of rotatable bonds is 6. The summed E-state index contributed by atoms with van der Waals surface area (Å²) in [5.41, 5.74) is 1.66. The molecule has 0 spiro atoms. The maximum absolute atomic E-state index is 13.6. The summed E-state index contributed by atoms with van der Waals surface area (Å²) in [5.74, 6) is -0.692. The molecule has 0 atom stereocenters. The molecule has 1 saturated heterocycles. The third kappa shape index (κ3) is 4.86. The molecular weight excluding hydrogens is 347 g/mol. The number of ether oxygens (including phenoxy) is 1. The molecule has 1 aromatic rings.